The van der Waals surface area contributed by atoms with Gasteiger partial charge >= 0.3 is 0 Å². The van der Waals surface area contributed by atoms with Gasteiger partial charge in [0.05, 0.1) is 13.2 Å². The smallest absolute Gasteiger partial charge is 0.0700 e. The first kappa shape index (κ1) is 17.2. The highest BCUT2D eigenvalue weighted by molar-refractivity contribution is 9.10. The molecule has 2 nitrogen and oxygen atoms in total. The predicted molar refractivity (Wildman–Crippen MR) is 87.1 cm³/mol. The van der Waals surface area contributed by atoms with Crippen LogP contribution in [0, 0.1) is 5.92 Å². The van der Waals surface area contributed by atoms with Crippen LogP contribution < -0.4 is 0 Å². The lowest BCUT2D eigenvalue weighted by molar-refractivity contribution is 0.0675. The van der Waals surface area contributed by atoms with Gasteiger partial charge in [-0.1, -0.05) is 44.0 Å². The first-order valence-corrected chi connectivity index (χ1v) is 8.54. The van der Waals surface area contributed by atoms with Crippen LogP contribution >= 0.6 is 31.9 Å². The third-order valence-electron chi connectivity index (χ3n) is 2.96. The number of hydrogen-bond acceptors (Lipinski definition) is 2. The van der Waals surface area contributed by atoms with Crippen LogP contribution in [-0.2, 0) is 15.9 Å². The van der Waals surface area contributed by atoms with Crippen molar-refractivity contribution in [2.24, 2.45) is 5.92 Å². The topological polar surface area (TPSA) is 18.5 Å². The molecule has 0 aromatic heterocycles. The third-order valence-corrected chi connectivity index (χ3v) is 4.37. The molecule has 1 rings (SSSR count). The fraction of sp³-hybridized carbons (Fsp3) is 0.600. The number of alkyl halides is 1. The Morgan fingerprint density at radius 3 is 2.74 bits per heavy atom. The summed E-state index contributed by atoms with van der Waals surface area (Å²) < 4.78 is 11.6. The SMILES string of the molecule is COCCOCCCC(CBr)Cc1cccc(Br)c1. The molecule has 19 heavy (non-hydrogen) atoms. The molecule has 4 heteroatoms. The maximum absolute atomic E-state index is 5.49. The van der Waals surface area contributed by atoms with E-state index in [9.17, 15) is 0 Å². The molecule has 0 aliphatic heterocycles. The highest BCUT2D eigenvalue weighted by atomic mass is 79.9. The van der Waals surface area contributed by atoms with E-state index < -0.39 is 0 Å². The molecule has 0 spiro atoms. The second kappa shape index (κ2) is 10.8. The van der Waals surface area contributed by atoms with Crippen LogP contribution in [0.3, 0.4) is 0 Å². The van der Waals surface area contributed by atoms with Gasteiger partial charge in [0.25, 0.3) is 0 Å². The Balaban J connectivity index is 2.22. The lowest BCUT2D eigenvalue weighted by atomic mass is 9.97. The zero-order chi connectivity index (χ0) is 13.9. The van der Waals surface area contributed by atoms with Crippen LogP contribution in [0.1, 0.15) is 18.4 Å². The van der Waals surface area contributed by atoms with Crippen molar-refractivity contribution in [2.45, 2.75) is 19.3 Å². The van der Waals surface area contributed by atoms with Gasteiger partial charge in [-0.2, -0.15) is 0 Å². The third kappa shape index (κ3) is 8.08. The summed E-state index contributed by atoms with van der Waals surface area (Å²) >= 11 is 7.13. The van der Waals surface area contributed by atoms with Gasteiger partial charge in [-0.05, 0) is 42.9 Å². The first-order valence-electron chi connectivity index (χ1n) is 6.63. The second-order valence-corrected chi connectivity index (χ2v) is 6.16. The number of benzene rings is 1. The van der Waals surface area contributed by atoms with E-state index in [1.165, 1.54) is 12.0 Å². The molecule has 1 atom stereocenters. The van der Waals surface area contributed by atoms with Crippen LogP contribution in [0.2, 0.25) is 0 Å². The average molecular weight is 394 g/mol. The highest BCUT2D eigenvalue weighted by Crippen LogP contribution is 2.19. The van der Waals surface area contributed by atoms with E-state index >= 15 is 0 Å². The van der Waals surface area contributed by atoms with E-state index in [2.05, 4.69) is 56.1 Å². The summed E-state index contributed by atoms with van der Waals surface area (Å²) in [6.07, 6.45) is 3.40. The molecule has 0 amide bonds. The minimum atomic E-state index is 0.667. The van der Waals surface area contributed by atoms with Crippen LogP contribution in [0.4, 0.5) is 0 Å². The maximum Gasteiger partial charge on any atom is 0.0700 e. The van der Waals surface area contributed by atoms with Crippen molar-refractivity contribution in [1.29, 1.82) is 0 Å². The van der Waals surface area contributed by atoms with E-state index in [0.717, 1.165) is 29.3 Å². The van der Waals surface area contributed by atoms with Crippen LogP contribution in [0.5, 0.6) is 0 Å². The van der Waals surface area contributed by atoms with Crippen molar-refractivity contribution in [2.75, 3.05) is 32.3 Å². The molecule has 0 saturated heterocycles. The molecular weight excluding hydrogens is 372 g/mol. The van der Waals surface area contributed by atoms with Gasteiger partial charge < -0.3 is 9.47 Å². The summed E-state index contributed by atoms with van der Waals surface area (Å²) in [5, 5.41) is 1.04. The molecule has 1 aromatic rings. The zero-order valence-electron chi connectivity index (χ0n) is 11.4. The Kier molecular flexibility index (Phi) is 9.78. The van der Waals surface area contributed by atoms with Gasteiger partial charge in [0.2, 0.25) is 0 Å². The summed E-state index contributed by atoms with van der Waals surface area (Å²) in [6.45, 7) is 2.20. The average Bonchev–Trinajstić information content (AvgIpc) is 2.41. The van der Waals surface area contributed by atoms with Gasteiger partial charge in [-0.15, -0.1) is 0 Å². The fourth-order valence-electron chi connectivity index (χ4n) is 1.95. The zero-order valence-corrected chi connectivity index (χ0v) is 14.6. The number of halogens is 2. The second-order valence-electron chi connectivity index (χ2n) is 4.60. The quantitative estimate of drug-likeness (QED) is 0.432. The Bertz CT molecular complexity index is 345. The summed E-state index contributed by atoms with van der Waals surface area (Å²) in [7, 11) is 1.70. The minimum absolute atomic E-state index is 0.667. The van der Waals surface area contributed by atoms with Gasteiger partial charge in [-0.25, -0.2) is 0 Å². The molecule has 0 bridgehead atoms. The van der Waals surface area contributed by atoms with Crippen LogP contribution in [0.15, 0.2) is 28.7 Å². The molecule has 0 aliphatic carbocycles. The van der Waals surface area contributed by atoms with E-state index in [4.69, 9.17) is 9.47 Å². The summed E-state index contributed by atoms with van der Waals surface area (Å²) in [6, 6.07) is 8.55. The molecule has 0 aliphatic rings. The molecule has 0 saturated carbocycles. The number of methoxy groups -OCH3 is 1. The maximum atomic E-state index is 5.49. The van der Waals surface area contributed by atoms with E-state index in [1.807, 2.05) is 0 Å². The Morgan fingerprint density at radius 1 is 1.21 bits per heavy atom. The summed E-state index contributed by atoms with van der Waals surface area (Å²) in [5.41, 5.74) is 1.39. The minimum Gasteiger partial charge on any atom is -0.382 e. The molecular formula is C15H22Br2O2. The predicted octanol–water partition coefficient (Wildman–Crippen LogP) is 4.45. The van der Waals surface area contributed by atoms with Crippen LogP contribution in [0.25, 0.3) is 0 Å². The Morgan fingerprint density at radius 2 is 2.05 bits per heavy atom. The molecule has 1 unspecified atom stereocenters. The molecule has 0 N–H and O–H groups in total. The monoisotopic (exact) mass is 392 g/mol. The highest BCUT2D eigenvalue weighted by Gasteiger charge is 2.08. The van der Waals surface area contributed by atoms with Gasteiger partial charge in [-0.3, -0.25) is 0 Å². The molecule has 0 fully saturated rings. The number of hydrogen-bond donors (Lipinski definition) is 0. The molecule has 0 heterocycles. The van der Waals surface area contributed by atoms with Crippen molar-refractivity contribution in [3.8, 4) is 0 Å². The van der Waals surface area contributed by atoms with Crippen molar-refractivity contribution in [3.63, 3.8) is 0 Å². The standard InChI is InChI=1S/C15H22Br2O2/c1-18-8-9-19-7-3-5-14(12-16)10-13-4-2-6-15(17)11-13/h2,4,6,11,14H,3,5,7-10,12H2,1H3. The number of ether oxygens (including phenoxy) is 2. The Labute approximate surface area is 133 Å². The van der Waals surface area contributed by atoms with Crippen molar-refractivity contribution < 1.29 is 9.47 Å². The van der Waals surface area contributed by atoms with Gasteiger partial charge in [0, 0.05) is 23.5 Å². The lowest BCUT2D eigenvalue weighted by Gasteiger charge is -2.14. The Hall–Kier alpha value is 0.1000. The van der Waals surface area contributed by atoms with E-state index in [1.54, 1.807) is 7.11 Å². The van der Waals surface area contributed by atoms with Crippen molar-refractivity contribution in [1.82, 2.24) is 0 Å². The largest absolute Gasteiger partial charge is 0.382 e. The van der Waals surface area contributed by atoms with Crippen molar-refractivity contribution >= 4 is 31.9 Å². The van der Waals surface area contributed by atoms with E-state index in [-0.39, 0.29) is 0 Å². The summed E-state index contributed by atoms with van der Waals surface area (Å²) in [5.74, 6) is 0.667. The van der Waals surface area contributed by atoms with Crippen molar-refractivity contribution in [3.05, 3.63) is 34.3 Å². The lowest BCUT2D eigenvalue weighted by Crippen LogP contribution is -2.09. The van der Waals surface area contributed by atoms with Gasteiger partial charge in [0.15, 0.2) is 0 Å². The van der Waals surface area contributed by atoms with Gasteiger partial charge in [0.1, 0.15) is 0 Å². The normalized spacial score (nSPS) is 12.6. The van der Waals surface area contributed by atoms with E-state index in [0.29, 0.717) is 19.1 Å². The fourth-order valence-corrected chi connectivity index (χ4v) is 2.95. The first-order chi connectivity index (χ1) is 9.26. The van der Waals surface area contributed by atoms with Crippen LogP contribution in [-0.4, -0.2) is 32.3 Å². The summed E-state index contributed by atoms with van der Waals surface area (Å²) in [4.78, 5) is 0. The number of rotatable bonds is 10. The molecule has 1 aromatic carbocycles. The molecule has 108 valence electrons. The molecule has 0 radical (unpaired) electrons.